The first-order valence-electron chi connectivity index (χ1n) is 5.94. The zero-order chi connectivity index (χ0) is 14.0. The summed E-state index contributed by atoms with van der Waals surface area (Å²) < 4.78 is 27.7. The molecule has 1 atom stereocenters. The Hall–Kier alpha value is -0.760. The minimum Gasteiger partial charge on any atom is -0.315 e. The third-order valence-corrected chi connectivity index (χ3v) is 5.22. The van der Waals surface area contributed by atoms with E-state index in [0.29, 0.717) is 16.6 Å². The number of hydrogen-bond donors (Lipinski definition) is 2. The van der Waals surface area contributed by atoms with Gasteiger partial charge in [0.2, 0.25) is 10.0 Å². The Balaban J connectivity index is 2.29. The molecule has 0 aliphatic carbocycles. The van der Waals surface area contributed by atoms with E-state index in [0.717, 1.165) is 13.0 Å². The van der Waals surface area contributed by atoms with Crippen molar-refractivity contribution in [2.75, 3.05) is 13.1 Å². The number of ketones is 1. The van der Waals surface area contributed by atoms with Crippen LogP contribution in [-0.4, -0.2) is 33.3 Å². The third-order valence-electron chi connectivity index (χ3n) is 3.01. The van der Waals surface area contributed by atoms with Gasteiger partial charge in [-0.05, 0) is 38.1 Å². The van der Waals surface area contributed by atoms with Gasteiger partial charge in [-0.15, -0.1) is 0 Å². The average Bonchev–Trinajstić information content (AvgIpc) is 2.80. The number of carbonyl (C=O) groups excluding carboxylic acids is 1. The molecule has 1 saturated heterocycles. The lowest BCUT2D eigenvalue weighted by molar-refractivity contribution is 0.101. The highest BCUT2D eigenvalue weighted by Gasteiger charge is 2.23. The lowest BCUT2D eigenvalue weighted by Gasteiger charge is -2.13. The van der Waals surface area contributed by atoms with Crippen LogP contribution in [0.5, 0.6) is 0 Å². The molecule has 1 aliphatic heterocycles. The molecule has 19 heavy (non-hydrogen) atoms. The zero-order valence-corrected chi connectivity index (χ0v) is 12.8. The van der Waals surface area contributed by atoms with Crippen molar-refractivity contribution in [2.45, 2.75) is 24.3 Å². The highest BCUT2D eigenvalue weighted by Crippen LogP contribution is 2.22. The molecule has 0 amide bonds. The van der Waals surface area contributed by atoms with Gasteiger partial charge < -0.3 is 5.32 Å². The van der Waals surface area contributed by atoms with Gasteiger partial charge >= 0.3 is 0 Å². The SMILES string of the molecule is CC(=O)c1cc(S(=O)(=O)NC2CCNC2)ccc1Br. The second-order valence-corrected chi connectivity index (χ2v) is 7.08. The minimum atomic E-state index is -3.58. The Morgan fingerprint density at radius 1 is 1.47 bits per heavy atom. The summed E-state index contributed by atoms with van der Waals surface area (Å²) >= 11 is 3.24. The van der Waals surface area contributed by atoms with Gasteiger partial charge in [-0.3, -0.25) is 4.79 Å². The summed E-state index contributed by atoms with van der Waals surface area (Å²) in [6.45, 7) is 2.85. The molecular formula is C12H15BrN2O3S. The van der Waals surface area contributed by atoms with Crippen LogP contribution in [0, 0.1) is 0 Å². The van der Waals surface area contributed by atoms with Gasteiger partial charge in [-0.2, -0.15) is 0 Å². The lowest BCUT2D eigenvalue weighted by Crippen LogP contribution is -2.36. The number of nitrogens with one attached hydrogen (secondary N) is 2. The number of halogens is 1. The number of sulfonamides is 1. The van der Waals surface area contributed by atoms with Crippen LogP contribution >= 0.6 is 15.9 Å². The first kappa shape index (κ1) is 14.6. The molecule has 1 aromatic carbocycles. The summed E-state index contributed by atoms with van der Waals surface area (Å²) in [6.07, 6.45) is 0.773. The molecule has 5 nitrogen and oxygen atoms in total. The van der Waals surface area contributed by atoms with Crippen molar-refractivity contribution in [3.05, 3.63) is 28.2 Å². The molecule has 1 aliphatic rings. The molecule has 1 unspecified atom stereocenters. The van der Waals surface area contributed by atoms with E-state index >= 15 is 0 Å². The van der Waals surface area contributed by atoms with E-state index in [1.54, 1.807) is 6.07 Å². The number of Topliss-reactive ketones (excluding diaryl/α,β-unsaturated/α-hetero) is 1. The van der Waals surface area contributed by atoms with Gasteiger partial charge in [0.1, 0.15) is 0 Å². The average molecular weight is 347 g/mol. The fraction of sp³-hybridized carbons (Fsp3) is 0.417. The van der Waals surface area contributed by atoms with Gasteiger partial charge in [-0.1, -0.05) is 15.9 Å². The molecular weight excluding hydrogens is 332 g/mol. The van der Waals surface area contributed by atoms with E-state index in [1.807, 2.05) is 0 Å². The van der Waals surface area contributed by atoms with E-state index in [9.17, 15) is 13.2 Å². The fourth-order valence-corrected chi connectivity index (χ4v) is 3.81. The van der Waals surface area contributed by atoms with Crippen LogP contribution in [0.2, 0.25) is 0 Å². The van der Waals surface area contributed by atoms with Gasteiger partial charge in [0.05, 0.1) is 4.90 Å². The number of hydrogen-bond acceptors (Lipinski definition) is 4. The maximum atomic E-state index is 12.2. The third kappa shape index (κ3) is 3.42. The van der Waals surface area contributed by atoms with E-state index in [1.165, 1.54) is 19.1 Å². The van der Waals surface area contributed by atoms with Crippen molar-refractivity contribution in [1.82, 2.24) is 10.0 Å². The van der Waals surface area contributed by atoms with Gasteiger partial charge in [0.25, 0.3) is 0 Å². The van der Waals surface area contributed by atoms with Crippen LogP contribution in [0.4, 0.5) is 0 Å². The molecule has 0 saturated carbocycles. The van der Waals surface area contributed by atoms with E-state index in [-0.39, 0.29) is 16.7 Å². The zero-order valence-electron chi connectivity index (χ0n) is 10.4. The van der Waals surface area contributed by atoms with Crippen molar-refractivity contribution >= 4 is 31.7 Å². The topological polar surface area (TPSA) is 75.3 Å². The maximum Gasteiger partial charge on any atom is 0.240 e. The Bertz CT molecular complexity index is 595. The maximum absolute atomic E-state index is 12.2. The normalized spacial score (nSPS) is 19.6. The summed E-state index contributed by atoms with van der Waals surface area (Å²) in [5.74, 6) is -0.175. The highest BCUT2D eigenvalue weighted by atomic mass is 79.9. The molecule has 0 spiro atoms. The minimum absolute atomic E-state index is 0.0885. The Labute approximate surface area is 121 Å². The molecule has 2 rings (SSSR count). The molecule has 7 heteroatoms. The van der Waals surface area contributed by atoms with Gasteiger partial charge in [0, 0.05) is 22.6 Å². The second-order valence-electron chi connectivity index (χ2n) is 4.51. The lowest BCUT2D eigenvalue weighted by atomic mass is 10.1. The standard InChI is InChI=1S/C12H15BrN2O3S/c1-8(16)11-6-10(2-3-12(11)13)19(17,18)15-9-4-5-14-7-9/h2-3,6,9,14-15H,4-5,7H2,1H3. The van der Waals surface area contributed by atoms with Crippen LogP contribution in [0.1, 0.15) is 23.7 Å². The van der Waals surface area contributed by atoms with Crippen molar-refractivity contribution in [3.8, 4) is 0 Å². The number of rotatable bonds is 4. The molecule has 0 radical (unpaired) electrons. The van der Waals surface area contributed by atoms with E-state index in [2.05, 4.69) is 26.0 Å². The summed E-state index contributed by atoms with van der Waals surface area (Å²) in [6, 6.07) is 4.38. The quantitative estimate of drug-likeness (QED) is 0.805. The molecule has 1 aromatic rings. The molecule has 104 valence electrons. The number of carbonyl (C=O) groups is 1. The van der Waals surface area contributed by atoms with Crippen LogP contribution in [0.25, 0.3) is 0 Å². The van der Waals surface area contributed by atoms with E-state index in [4.69, 9.17) is 0 Å². The second kappa shape index (κ2) is 5.70. The predicted octanol–water partition coefficient (Wildman–Crippen LogP) is 1.29. The molecule has 1 heterocycles. The smallest absolute Gasteiger partial charge is 0.240 e. The van der Waals surface area contributed by atoms with Crippen molar-refractivity contribution in [1.29, 1.82) is 0 Å². The Morgan fingerprint density at radius 3 is 2.79 bits per heavy atom. The van der Waals surface area contributed by atoms with Crippen molar-refractivity contribution in [3.63, 3.8) is 0 Å². The summed E-state index contributed by atoms with van der Waals surface area (Å²) in [5, 5.41) is 3.10. The number of benzene rings is 1. The van der Waals surface area contributed by atoms with Crippen LogP contribution in [0.15, 0.2) is 27.6 Å². The molecule has 0 bridgehead atoms. The van der Waals surface area contributed by atoms with Crippen LogP contribution in [-0.2, 0) is 10.0 Å². The Morgan fingerprint density at radius 2 is 2.21 bits per heavy atom. The molecule has 2 N–H and O–H groups in total. The summed E-state index contributed by atoms with van der Waals surface area (Å²) in [5.41, 5.74) is 0.368. The van der Waals surface area contributed by atoms with Crippen LogP contribution < -0.4 is 10.0 Å². The molecule has 0 aromatic heterocycles. The van der Waals surface area contributed by atoms with Gasteiger partial charge in [0.15, 0.2) is 5.78 Å². The van der Waals surface area contributed by atoms with Crippen molar-refractivity contribution < 1.29 is 13.2 Å². The summed E-state index contributed by atoms with van der Waals surface area (Å²) in [7, 11) is -3.58. The first-order chi connectivity index (χ1) is 8.90. The first-order valence-corrected chi connectivity index (χ1v) is 8.21. The largest absolute Gasteiger partial charge is 0.315 e. The summed E-state index contributed by atoms with van der Waals surface area (Å²) in [4.78, 5) is 11.6. The fourth-order valence-electron chi connectivity index (χ4n) is 1.98. The Kier molecular flexibility index (Phi) is 4.39. The monoisotopic (exact) mass is 346 g/mol. The highest BCUT2D eigenvalue weighted by molar-refractivity contribution is 9.10. The molecule has 1 fully saturated rings. The van der Waals surface area contributed by atoms with Gasteiger partial charge in [-0.25, -0.2) is 13.1 Å². The van der Waals surface area contributed by atoms with Crippen LogP contribution in [0.3, 0.4) is 0 Å². The van der Waals surface area contributed by atoms with E-state index < -0.39 is 10.0 Å². The van der Waals surface area contributed by atoms with Crippen molar-refractivity contribution in [2.24, 2.45) is 0 Å². The predicted molar refractivity (Wildman–Crippen MR) is 75.7 cm³/mol.